The Hall–Kier alpha value is -2.11. The van der Waals surface area contributed by atoms with Gasteiger partial charge < -0.3 is 25.5 Å². The van der Waals surface area contributed by atoms with Crippen LogP contribution in [0.4, 0.5) is 10.5 Å². The summed E-state index contributed by atoms with van der Waals surface area (Å²) in [6.45, 7) is 3.55. The van der Waals surface area contributed by atoms with Crippen LogP contribution in [-0.2, 0) is 0 Å². The SMILES string of the molecule is CC1CCN(C(=O)Nc2cc(O)c(O)c(O)c2)CC1. The lowest BCUT2D eigenvalue weighted by molar-refractivity contribution is 0.186. The number of phenolic OH excluding ortho intramolecular Hbond substituents is 3. The van der Waals surface area contributed by atoms with Gasteiger partial charge in [0.1, 0.15) is 0 Å². The molecule has 1 aliphatic rings. The van der Waals surface area contributed by atoms with Crippen LogP contribution in [0.2, 0.25) is 0 Å². The van der Waals surface area contributed by atoms with E-state index >= 15 is 0 Å². The molecule has 0 saturated carbocycles. The average Bonchev–Trinajstić information content (AvgIpc) is 2.36. The quantitative estimate of drug-likeness (QED) is 0.462. The molecule has 0 atom stereocenters. The van der Waals surface area contributed by atoms with E-state index in [4.69, 9.17) is 0 Å². The smallest absolute Gasteiger partial charge is 0.321 e. The molecule has 1 aliphatic heterocycles. The standard InChI is InChI=1S/C13H18N2O4/c1-8-2-4-15(5-3-8)13(19)14-9-6-10(16)12(18)11(17)7-9/h6-8,16-18H,2-5H2,1H3,(H,14,19). The van der Waals surface area contributed by atoms with Gasteiger partial charge in [0, 0.05) is 25.2 Å². The summed E-state index contributed by atoms with van der Waals surface area (Å²) in [4.78, 5) is 13.7. The molecule has 6 heteroatoms. The summed E-state index contributed by atoms with van der Waals surface area (Å²) in [6, 6.07) is 2.12. The van der Waals surface area contributed by atoms with E-state index in [1.165, 1.54) is 12.1 Å². The van der Waals surface area contributed by atoms with Gasteiger partial charge in [0.25, 0.3) is 0 Å². The van der Waals surface area contributed by atoms with Gasteiger partial charge in [-0.15, -0.1) is 0 Å². The molecule has 1 heterocycles. The van der Waals surface area contributed by atoms with Crippen molar-refractivity contribution in [1.29, 1.82) is 0 Å². The van der Waals surface area contributed by atoms with Crippen molar-refractivity contribution in [2.75, 3.05) is 18.4 Å². The summed E-state index contributed by atoms with van der Waals surface area (Å²) in [5.74, 6) is -0.902. The first kappa shape index (κ1) is 13.3. The molecule has 104 valence electrons. The fourth-order valence-corrected chi connectivity index (χ4v) is 2.09. The zero-order valence-electron chi connectivity index (χ0n) is 10.8. The molecule has 1 aromatic carbocycles. The third-order valence-corrected chi connectivity index (χ3v) is 3.39. The van der Waals surface area contributed by atoms with Crippen LogP contribution in [0.1, 0.15) is 19.8 Å². The molecular weight excluding hydrogens is 248 g/mol. The van der Waals surface area contributed by atoms with Gasteiger partial charge in [-0.3, -0.25) is 0 Å². The Morgan fingerprint density at radius 2 is 1.74 bits per heavy atom. The second kappa shape index (κ2) is 5.26. The normalized spacial score (nSPS) is 16.4. The van der Waals surface area contributed by atoms with Crippen molar-refractivity contribution in [3.63, 3.8) is 0 Å². The van der Waals surface area contributed by atoms with Crippen LogP contribution in [-0.4, -0.2) is 39.3 Å². The summed E-state index contributed by atoms with van der Waals surface area (Å²) in [5, 5.41) is 30.5. The Labute approximate surface area is 111 Å². The topological polar surface area (TPSA) is 93.0 Å². The number of hydrogen-bond acceptors (Lipinski definition) is 4. The third kappa shape index (κ3) is 3.01. The molecule has 0 bridgehead atoms. The highest BCUT2D eigenvalue weighted by atomic mass is 16.3. The number of likely N-dealkylation sites (tertiary alicyclic amines) is 1. The summed E-state index contributed by atoms with van der Waals surface area (Å²) < 4.78 is 0. The number of rotatable bonds is 1. The number of hydrogen-bond donors (Lipinski definition) is 4. The lowest BCUT2D eigenvalue weighted by Gasteiger charge is -2.30. The number of piperidine rings is 1. The highest BCUT2D eigenvalue weighted by Gasteiger charge is 2.20. The van der Waals surface area contributed by atoms with Crippen molar-refractivity contribution >= 4 is 11.7 Å². The first-order valence-corrected chi connectivity index (χ1v) is 6.28. The van der Waals surface area contributed by atoms with E-state index in [0.29, 0.717) is 19.0 Å². The van der Waals surface area contributed by atoms with E-state index in [0.717, 1.165) is 12.8 Å². The largest absolute Gasteiger partial charge is 0.504 e. The number of benzene rings is 1. The number of carbonyl (C=O) groups is 1. The number of aromatic hydroxyl groups is 3. The monoisotopic (exact) mass is 266 g/mol. The molecule has 0 unspecified atom stereocenters. The summed E-state index contributed by atoms with van der Waals surface area (Å²) in [6.07, 6.45) is 1.94. The van der Waals surface area contributed by atoms with Crippen LogP contribution in [0.25, 0.3) is 0 Å². The molecule has 1 fully saturated rings. The predicted octanol–water partition coefficient (Wildman–Crippen LogP) is 2.07. The zero-order chi connectivity index (χ0) is 14.0. The molecule has 1 aromatic rings. The number of urea groups is 1. The van der Waals surface area contributed by atoms with E-state index in [2.05, 4.69) is 12.2 Å². The molecule has 2 amide bonds. The molecule has 19 heavy (non-hydrogen) atoms. The highest BCUT2D eigenvalue weighted by Crippen LogP contribution is 2.37. The van der Waals surface area contributed by atoms with Crippen molar-refractivity contribution in [2.24, 2.45) is 5.92 Å². The van der Waals surface area contributed by atoms with E-state index in [1.54, 1.807) is 4.90 Å². The first-order valence-electron chi connectivity index (χ1n) is 6.28. The molecule has 1 saturated heterocycles. The molecule has 0 aromatic heterocycles. The fraction of sp³-hybridized carbons (Fsp3) is 0.462. The van der Waals surface area contributed by atoms with Crippen LogP contribution >= 0.6 is 0 Å². The van der Waals surface area contributed by atoms with Gasteiger partial charge in [-0.2, -0.15) is 0 Å². The maximum Gasteiger partial charge on any atom is 0.321 e. The molecule has 2 rings (SSSR count). The van der Waals surface area contributed by atoms with Gasteiger partial charge in [-0.25, -0.2) is 4.79 Å². The van der Waals surface area contributed by atoms with Crippen molar-refractivity contribution in [3.8, 4) is 17.2 Å². The average molecular weight is 266 g/mol. The predicted molar refractivity (Wildman–Crippen MR) is 70.4 cm³/mol. The summed E-state index contributed by atoms with van der Waals surface area (Å²) >= 11 is 0. The lowest BCUT2D eigenvalue weighted by Crippen LogP contribution is -2.40. The minimum absolute atomic E-state index is 0.247. The molecule has 4 N–H and O–H groups in total. The number of anilines is 1. The Morgan fingerprint density at radius 3 is 2.26 bits per heavy atom. The van der Waals surface area contributed by atoms with Gasteiger partial charge in [-0.1, -0.05) is 6.92 Å². The van der Waals surface area contributed by atoms with Crippen LogP contribution in [0.15, 0.2) is 12.1 Å². The summed E-state index contributed by atoms with van der Waals surface area (Å²) in [5.41, 5.74) is 0.247. The number of carbonyl (C=O) groups excluding carboxylic acids is 1. The van der Waals surface area contributed by atoms with Crippen LogP contribution < -0.4 is 5.32 Å². The highest BCUT2D eigenvalue weighted by molar-refractivity contribution is 5.90. The van der Waals surface area contributed by atoms with Gasteiger partial charge in [0.2, 0.25) is 0 Å². The van der Waals surface area contributed by atoms with Crippen molar-refractivity contribution in [1.82, 2.24) is 4.90 Å². The Bertz CT molecular complexity index is 459. The van der Waals surface area contributed by atoms with E-state index < -0.39 is 17.2 Å². The molecule has 0 aliphatic carbocycles. The van der Waals surface area contributed by atoms with Gasteiger partial charge in [0.05, 0.1) is 5.69 Å². The third-order valence-electron chi connectivity index (χ3n) is 3.39. The molecule has 6 nitrogen and oxygen atoms in total. The van der Waals surface area contributed by atoms with Gasteiger partial charge in [0.15, 0.2) is 17.2 Å². The fourth-order valence-electron chi connectivity index (χ4n) is 2.09. The second-order valence-electron chi connectivity index (χ2n) is 4.96. The van der Waals surface area contributed by atoms with Crippen LogP contribution in [0.3, 0.4) is 0 Å². The minimum Gasteiger partial charge on any atom is -0.504 e. The van der Waals surface area contributed by atoms with E-state index in [-0.39, 0.29) is 11.7 Å². The maximum atomic E-state index is 12.0. The van der Waals surface area contributed by atoms with Crippen LogP contribution in [0, 0.1) is 5.92 Å². The van der Waals surface area contributed by atoms with E-state index in [1.807, 2.05) is 0 Å². The Kier molecular flexibility index (Phi) is 3.69. The first-order chi connectivity index (χ1) is 8.97. The summed E-state index contributed by atoms with van der Waals surface area (Å²) in [7, 11) is 0. The zero-order valence-corrected chi connectivity index (χ0v) is 10.8. The minimum atomic E-state index is -0.593. The Morgan fingerprint density at radius 1 is 1.21 bits per heavy atom. The Balaban J connectivity index is 2.03. The second-order valence-corrected chi connectivity index (χ2v) is 4.96. The van der Waals surface area contributed by atoms with Crippen molar-refractivity contribution in [2.45, 2.75) is 19.8 Å². The van der Waals surface area contributed by atoms with Gasteiger partial charge >= 0.3 is 6.03 Å². The maximum absolute atomic E-state index is 12.0. The van der Waals surface area contributed by atoms with Crippen molar-refractivity contribution < 1.29 is 20.1 Å². The molecular formula is C13H18N2O4. The number of nitrogens with zero attached hydrogens (tertiary/aromatic N) is 1. The van der Waals surface area contributed by atoms with E-state index in [9.17, 15) is 20.1 Å². The number of phenols is 3. The number of amides is 2. The van der Waals surface area contributed by atoms with Crippen LogP contribution in [0.5, 0.6) is 17.2 Å². The number of nitrogens with one attached hydrogen (secondary N) is 1. The lowest BCUT2D eigenvalue weighted by atomic mass is 10.00. The molecule has 0 radical (unpaired) electrons. The van der Waals surface area contributed by atoms with Gasteiger partial charge in [-0.05, 0) is 18.8 Å². The molecule has 0 spiro atoms. The van der Waals surface area contributed by atoms with Crippen molar-refractivity contribution in [3.05, 3.63) is 12.1 Å².